The van der Waals surface area contributed by atoms with Gasteiger partial charge in [0.1, 0.15) is 30.0 Å². The van der Waals surface area contributed by atoms with Gasteiger partial charge < -0.3 is 55.6 Å². The summed E-state index contributed by atoms with van der Waals surface area (Å²) < 4.78 is 11.2. The van der Waals surface area contributed by atoms with E-state index in [1.807, 2.05) is 6.92 Å². The zero-order valence-corrected chi connectivity index (χ0v) is 19.5. The van der Waals surface area contributed by atoms with Gasteiger partial charge in [-0.1, -0.05) is 13.3 Å². The molecule has 12 heteroatoms. The zero-order valence-electron chi connectivity index (χ0n) is 19.5. The summed E-state index contributed by atoms with van der Waals surface area (Å²) in [5.41, 5.74) is -5.01. The molecule has 2 aliphatic rings. The lowest BCUT2D eigenvalue weighted by atomic mass is 9.59. The molecule has 1 saturated heterocycles. The molecule has 0 bridgehead atoms. The monoisotopic (exact) mass is 481 g/mol. The lowest BCUT2D eigenvalue weighted by Gasteiger charge is -2.62. The first-order valence-electron chi connectivity index (χ1n) is 11.2. The quantitative estimate of drug-likeness (QED) is 0.135. The van der Waals surface area contributed by atoms with E-state index in [9.17, 15) is 45.6 Å². The number of ether oxygens (including phenoxy) is 2. The summed E-state index contributed by atoms with van der Waals surface area (Å²) in [7, 11) is 0. The van der Waals surface area contributed by atoms with E-state index in [1.165, 1.54) is 20.8 Å². The normalized spacial score (nSPS) is 37.9. The molecule has 10 unspecified atom stereocenters. The minimum atomic E-state index is -2.07. The van der Waals surface area contributed by atoms with Crippen molar-refractivity contribution in [3.05, 3.63) is 0 Å². The number of aliphatic hydroxyl groups excluding tert-OH is 6. The Morgan fingerprint density at radius 2 is 1.79 bits per heavy atom. The van der Waals surface area contributed by atoms with Crippen LogP contribution in [0.5, 0.6) is 0 Å². The number of carbonyl (C=O) groups excluding carboxylic acids is 1. The van der Waals surface area contributed by atoms with Crippen LogP contribution in [-0.2, 0) is 14.3 Å². The third-order valence-electron chi connectivity index (χ3n) is 6.59. The fourth-order valence-corrected chi connectivity index (χ4v) is 4.36. The molecule has 0 aromatic rings. The van der Waals surface area contributed by atoms with E-state index in [0.717, 1.165) is 6.42 Å². The summed E-state index contributed by atoms with van der Waals surface area (Å²) in [4.78, 5) is 11.9. The molecule has 2 fully saturated rings. The van der Waals surface area contributed by atoms with E-state index < -0.39 is 71.7 Å². The Hall–Kier alpha value is -0.930. The van der Waals surface area contributed by atoms with Crippen LogP contribution < -0.4 is 5.32 Å². The minimum Gasteiger partial charge on any atom is -0.390 e. The highest BCUT2D eigenvalue weighted by Crippen LogP contribution is 2.51. The van der Waals surface area contributed by atoms with Gasteiger partial charge in [-0.15, -0.1) is 0 Å². The number of carbonyl (C=O) groups is 1. The van der Waals surface area contributed by atoms with Crippen LogP contribution >= 0.6 is 0 Å². The Morgan fingerprint density at radius 1 is 1.18 bits per heavy atom. The number of hydrogen-bond acceptors (Lipinski definition) is 11. The number of aliphatic hydroxyl groups is 8. The van der Waals surface area contributed by atoms with Gasteiger partial charge in [-0.25, -0.2) is 0 Å². The summed E-state index contributed by atoms with van der Waals surface area (Å²) >= 11 is 0. The molecule has 2 rings (SSSR count). The van der Waals surface area contributed by atoms with Crippen molar-refractivity contribution in [1.29, 1.82) is 0 Å². The van der Waals surface area contributed by atoms with Crippen LogP contribution in [0.4, 0.5) is 0 Å². The molecule has 1 aliphatic carbocycles. The Bertz CT molecular complexity index is 675. The van der Waals surface area contributed by atoms with Crippen molar-refractivity contribution < 1.29 is 55.1 Å². The van der Waals surface area contributed by atoms with Crippen molar-refractivity contribution in [1.82, 2.24) is 5.32 Å². The van der Waals surface area contributed by atoms with Crippen molar-refractivity contribution in [3.63, 3.8) is 0 Å². The van der Waals surface area contributed by atoms with Crippen molar-refractivity contribution in [3.8, 4) is 0 Å². The predicted octanol–water partition coefficient (Wildman–Crippen LogP) is -3.14. The van der Waals surface area contributed by atoms with Gasteiger partial charge in [-0.05, 0) is 27.2 Å². The average Bonchev–Trinajstić information content (AvgIpc) is 2.73. The third-order valence-corrected chi connectivity index (χ3v) is 6.59. The molecule has 10 atom stereocenters. The molecule has 0 radical (unpaired) electrons. The molecule has 1 amide bonds. The van der Waals surface area contributed by atoms with Gasteiger partial charge in [0.15, 0.2) is 12.4 Å². The van der Waals surface area contributed by atoms with Crippen LogP contribution in [0.1, 0.15) is 53.4 Å². The molecule has 1 saturated carbocycles. The summed E-state index contributed by atoms with van der Waals surface area (Å²) in [6.45, 7) is 6.50. The first-order valence-corrected chi connectivity index (χ1v) is 11.2. The van der Waals surface area contributed by atoms with Crippen LogP contribution in [0.2, 0.25) is 0 Å². The summed E-state index contributed by atoms with van der Waals surface area (Å²) in [6, 6.07) is 0. The number of fused-ring (bicyclic) bond motifs is 1. The molecule has 0 aromatic carbocycles. The summed E-state index contributed by atoms with van der Waals surface area (Å²) in [5, 5.41) is 84.6. The molecular formula is C21H39NO11. The standard InChI is InChI=1S/C21H39NO11/c1-5-6-7-22-17(29)14(26)13(25)12(24)10(23)8-19(2,3)33-18-15(27)16(28)21(31)11(32-18)9-20(21,4)30/h10-16,18,23-28,30-31H,5-9H2,1-4H3,(H,22,29). The van der Waals surface area contributed by atoms with Crippen LogP contribution in [0.3, 0.4) is 0 Å². The Kier molecular flexibility index (Phi) is 8.89. The van der Waals surface area contributed by atoms with Crippen molar-refractivity contribution in [2.75, 3.05) is 6.54 Å². The SMILES string of the molecule is CCCCNC(=O)C(O)C(O)C(O)C(O)CC(C)(C)OC1OC2CC(C)(O)C2(O)C(O)C1O. The Morgan fingerprint density at radius 3 is 2.33 bits per heavy atom. The van der Waals surface area contributed by atoms with Crippen LogP contribution in [0, 0.1) is 0 Å². The van der Waals surface area contributed by atoms with Crippen molar-refractivity contribution in [2.24, 2.45) is 0 Å². The van der Waals surface area contributed by atoms with Gasteiger partial charge in [0.05, 0.1) is 23.4 Å². The number of rotatable bonds is 11. The fraction of sp³-hybridized carbons (Fsp3) is 0.952. The van der Waals surface area contributed by atoms with E-state index in [0.29, 0.717) is 13.0 Å². The Labute approximate surface area is 192 Å². The first-order chi connectivity index (χ1) is 15.1. The second kappa shape index (κ2) is 10.4. The topological polar surface area (TPSA) is 209 Å². The Balaban J connectivity index is 1.94. The number of amides is 1. The van der Waals surface area contributed by atoms with E-state index in [2.05, 4.69) is 5.32 Å². The highest BCUT2D eigenvalue weighted by atomic mass is 16.7. The number of unbranched alkanes of at least 4 members (excludes halogenated alkanes) is 1. The lowest BCUT2D eigenvalue weighted by Crippen LogP contribution is -2.82. The molecule has 1 aliphatic heterocycles. The molecule has 12 nitrogen and oxygen atoms in total. The van der Waals surface area contributed by atoms with Gasteiger partial charge in [0, 0.05) is 19.4 Å². The molecule has 33 heavy (non-hydrogen) atoms. The van der Waals surface area contributed by atoms with Gasteiger partial charge in [0.25, 0.3) is 5.91 Å². The highest BCUT2D eigenvalue weighted by molar-refractivity contribution is 5.81. The minimum absolute atomic E-state index is 0.000686. The molecule has 1 heterocycles. The van der Waals surface area contributed by atoms with E-state index in [1.54, 1.807) is 0 Å². The predicted molar refractivity (Wildman–Crippen MR) is 113 cm³/mol. The van der Waals surface area contributed by atoms with Gasteiger partial charge in [-0.2, -0.15) is 0 Å². The van der Waals surface area contributed by atoms with Crippen LogP contribution in [0.15, 0.2) is 0 Å². The van der Waals surface area contributed by atoms with Crippen molar-refractivity contribution >= 4 is 5.91 Å². The maximum Gasteiger partial charge on any atom is 0.251 e. The number of hydrogen-bond donors (Lipinski definition) is 9. The largest absolute Gasteiger partial charge is 0.390 e. The zero-order chi connectivity index (χ0) is 25.4. The second-order valence-corrected chi connectivity index (χ2v) is 9.95. The molecule has 0 spiro atoms. The van der Waals surface area contributed by atoms with Gasteiger partial charge in [0.2, 0.25) is 0 Å². The fourth-order valence-electron chi connectivity index (χ4n) is 4.36. The van der Waals surface area contributed by atoms with Gasteiger partial charge >= 0.3 is 0 Å². The van der Waals surface area contributed by atoms with Crippen LogP contribution in [-0.4, -0.2) is 119 Å². The maximum atomic E-state index is 11.9. The third kappa shape index (κ3) is 5.67. The highest BCUT2D eigenvalue weighted by Gasteiger charge is 2.71. The summed E-state index contributed by atoms with van der Waals surface area (Å²) in [5.74, 6) is -0.880. The summed E-state index contributed by atoms with van der Waals surface area (Å²) in [6.07, 6.45) is -12.2. The molecule has 9 N–H and O–H groups in total. The molecular weight excluding hydrogens is 442 g/mol. The lowest BCUT2D eigenvalue weighted by molar-refractivity contribution is -0.413. The first kappa shape index (κ1) is 28.3. The second-order valence-electron chi connectivity index (χ2n) is 9.95. The smallest absolute Gasteiger partial charge is 0.251 e. The van der Waals surface area contributed by atoms with E-state index >= 15 is 0 Å². The van der Waals surface area contributed by atoms with Crippen molar-refractivity contribution in [2.45, 2.75) is 119 Å². The van der Waals surface area contributed by atoms with Crippen LogP contribution in [0.25, 0.3) is 0 Å². The maximum absolute atomic E-state index is 11.9. The van der Waals surface area contributed by atoms with Gasteiger partial charge in [-0.3, -0.25) is 4.79 Å². The molecule has 0 aromatic heterocycles. The number of nitrogens with one attached hydrogen (secondary N) is 1. The van der Waals surface area contributed by atoms with E-state index in [-0.39, 0.29) is 12.8 Å². The van der Waals surface area contributed by atoms with E-state index in [4.69, 9.17) is 9.47 Å². The molecule has 194 valence electrons. The average molecular weight is 482 g/mol.